The average molecular weight is 1190 g/mol. The van der Waals surface area contributed by atoms with Crippen LogP contribution in [0.5, 0.6) is 0 Å². The predicted molar refractivity (Wildman–Crippen MR) is 339 cm³/mol. The van der Waals surface area contributed by atoms with E-state index in [0.717, 1.165) is 66.4 Å². The number of rotatable bonds is 21. The first-order chi connectivity index (χ1) is 42.3. The minimum Gasteiger partial charge on any atom is -0.448 e. The Morgan fingerprint density at radius 3 is 1.60 bits per heavy atom. The van der Waals surface area contributed by atoms with Gasteiger partial charge in [0.15, 0.2) is 16.9 Å². The summed E-state index contributed by atoms with van der Waals surface area (Å²) in [4.78, 5) is 65.9. The highest BCUT2D eigenvalue weighted by molar-refractivity contribution is 8.03. The number of carbonyl (C=O) groups excluding carboxylic acids is 3. The van der Waals surface area contributed by atoms with Crippen LogP contribution in [0.4, 0.5) is 5.13 Å². The summed E-state index contributed by atoms with van der Waals surface area (Å²) in [5.74, 6) is -2.00. The quantitative estimate of drug-likeness (QED) is 0.0208. The molecule has 1 saturated heterocycles. The number of aromatic nitrogens is 2. The highest BCUT2D eigenvalue weighted by Gasteiger charge is 2.55. The van der Waals surface area contributed by atoms with Crippen molar-refractivity contribution in [3.05, 3.63) is 332 Å². The number of nitrogens with zero attached hydrogens (tertiary/aromatic N) is 4. The van der Waals surface area contributed by atoms with Crippen molar-refractivity contribution in [3.8, 4) is 0 Å². The van der Waals surface area contributed by atoms with Crippen molar-refractivity contribution >= 4 is 63.3 Å². The predicted octanol–water partition coefficient (Wildman–Crippen LogP) is 13.6. The van der Waals surface area contributed by atoms with Crippen LogP contribution < -0.4 is 16.4 Å². The monoisotopic (exact) mass is 1190 g/mol. The van der Waals surface area contributed by atoms with Crippen LogP contribution in [0.25, 0.3) is 0 Å². The third kappa shape index (κ3) is 11.3. The van der Waals surface area contributed by atoms with Gasteiger partial charge in [0, 0.05) is 39.1 Å². The van der Waals surface area contributed by atoms with Crippen LogP contribution in [0, 0.1) is 0 Å². The number of esters is 1. The Labute approximate surface area is 512 Å². The van der Waals surface area contributed by atoms with Crippen LogP contribution in [0.15, 0.2) is 282 Å². The Morgan fingerprint density at radius 1 is 0.663 bits per heavy atom. The molecule has 12 nitrogen and oxygen atoms in total. The number of amides is 2. The van der Waals surface area contributed by atoms with Crippen molar-refractivity contribution in [2.24, 2.45) is 10.9 Å². The number of fused-ring (bicyclic) bond motifs is 1. The molecule has 15 heteroatoms. The van der Waals surface area contributed by atoms with Crippen molar-refractivity contribution in [3.63, 3.8) is 0 Å². The van der Waals surface area contributed by atoms with Crippen LogP contribution in [-0.4, -0.2) is 57.0 Å². The van der Waals surface area contributed by atoms with E-state index in [2.05, 4.69) is 52.0 Å². The number of benzene rings is 8. The molecule has 426 valence electrons. The molecule has 86 heavy (non-hydrogen) atoms. The molecular formula is C71H58ClN7O5S2. The number of nitrogens with two attached hydrogens (primary N) is 1. The number of halogens is 1. The van der Waals surface area contributed by atoms with E-state index in [-0.39, 0.29) is 21.4 Å². The summed E-state index contributed by atoms with van der Waals surface area (Å²) in [6.07, 6.45) is 2.16. The Kier molecular flexibility index (Phi) is 17.1. The van der Waals surface area contributed by atoms with Gasteiger partial charge in [-0.05, 0) is 59.3 Å². The van der Waals surface area contributed by atoms with Gasteiger partial charge in [-0.3, -0.25) is 19.5 Å². The minimum atomic E-state index is -1.43. The number of anilines is 1. The smallest absolute Gasteiger partial charge is 0.356 e. The molecule has 2 amide bonds. The lowest BCUT2D eigenvalue weighted by molar-refractivity contribution is -0.158. The highest BCUT2D eigenvalue weighted by Crippen LogP contribution is 2.47. The molecule has 12 rings (SSSR count). The molecular weight excluding hydrogens is 1130 g/mol. The van der Waals surface area contributed by atoms with Crippen LogP contribution in [0.1, 0.15) is 74.8 Å². The molecule has 0 unspecified atom stereocenters. The lowest BCUT2D eigenvalue weighted by Crippen LogP contribution is -2.72. The topological polar surface area (TPSA) is 161 Å². The molecule has 4 N–H and O–H groups in total. The third-order valence-corrected chi connectivity index (χ3v) is 17.9. The number of thioether (sulfide) groups is 1. The van der Waals surface area contributed by atoms with E-state index in [1.165, 1.54) is 16.7 Å². The van der Waals surface area contributed by atoms with E-state index in [0.29, 0.717) is 35.8 Å². The average Bonchev–Trinajstić information content (AvgIpc) is 2.35. The number of oxime groups is 1. The van der Waals surface area contributed by atoms with Gasteiger partial charge in [0.1, 0.15) is 27.3 Å². The van der Waals surface area contributed by atoms with Crippen molar-refractivity contribution < 1.29 is 24.0 Å². The molecule has 8 aromatic carbocycles. The number of nitrogens with one attached hydrogen (secondary N) is 2. The first-order valence-electron chi connectivity index (χ1n) is 28.3. The van der Waals surface area contributed by atoms with E-state index in [4.69, 9.17) is 37.0 Å². The Balaban J connectivity index is 0.957. The molecule has 0 aliphatic carbocycles. The number of β-lactam (4-membered cyclic amide) rings is 1. The second-order valence-electron chi connectivity index (χ2n) is 20.7. The number of hydrogen-bond donors (Lipinski definition) is 3. The molecule has 0 saturated carbocycles. The SMILES string of the molecule is NCCc1ncccc1SC1=C(C(=O)OC(c2ccccc2)c2ccccc2)N2C(=O)[C@@H](NC(=O)C(=NOC(c3ccccc3)(c3ccccc3)c3ccccc3)c3nc(NC(c4ccccc4)(c4ccccc4)c4ccccc4)sc3Cl)[C@H]2CC1. The minimum absolute atomic E-state index is 0.00979. The Morgan fingerprint density at radius 2 is 1.13 bits per heavy atom. The van der Waals surface area contributed by atoms with Gasteiger partial charge >= 0.3 is 5.97 Å². The zero-order valence-corrected chi connectivity index (χ0v) is 48.9. The molecule has 0 radical (unpaired) electrons. The van der Waals surface area contributed by atoms with E-state index >= 15 is 14.4 Å². The number of pyridine rings is 1. The Bertz CT molecular complexity index is 3800. The Hall–Kier alpha value is -9.44. The number of hydrogen-bond acceptors (Lipinski definition) is 12. The molecule has 0 bridgehead atoms. The van der Waals surface area contributed by atoms with Crippen LogP contribution in [-0.2, 0) is 41.5 Å². The number of allylic oxidation sites excluding steroid dienone is 1. The van der Waals surface area contributed by atoms with Gasteiger partial charge in [-0.2, -0.15) is 0 Å². The fourth-order valence-electron chi connectivity index (χ4n) is 11.5. The third-order valence-electron chi connectivity index (χ3n) is 15.5. The molecule has 2 aliphatic rings. The summed E-state index contributed by atoms with van der Waals surface area (Å²) in [7, 11) is 0. The van der Waals surface area contributed by atoms with Crippen molar-refractivity contribution in [2.75, 3.05) is 11.9 Å². The van der Waals surface area contributed by atoms with Crippen molar-refractivity contribution in [2.45, 2.75) is 53.5 Å². The lowest BCUT2D eigenvalue weighted by atomic mass is 9.77. The van der Waals surface area contributed by atoms with Gasteiger partial charge in [-0.15, -0.1) is 0 Å². The molecule has 2 aliphatic heterocycles. The number of carbonyl (C=O) groups is 3. The maximum atomic E-state index is 15.8. The van der Waals surface area contributed by atoms with Gasteiger partial charge in [0.25, 0.3) is 11.8 Å². The van der Waals surface area contributed by atoms with Crippen LogP contribution in [0.2, 0.25) is 4.34 Å². The van der Waals surface area contributed by atoms with E-state index in [1.54, 1.807) is 6.20 Å². The molecule has 10 aromatic rings. The fraction of sp³-hybridized carbons (Fsp3) is 0.127. The summed E-state index contributed by atoms with van der Waals surface area (Å²) in [6, 6.07) is 80.2. The first kappa shape index (κ1) is 57.0. The highest BCUT2D eigenvalue weighted by atomic mass is 35.5. The summed E-state index contributed by atoms with van der Waals surface area (Å²) >= 11 is 9.93. The second kappa shape index (κ2) is 25.8. The van der Waals surface area contributed by atoms with Crippen molar-refractivity contribution in [1.29, 1.82) is 0 Å². The molecule has 0 spiro atoms. The van der Waals surface area contributed by atoms with Gasteiger partial charge < -0.3 is 25.9 Å². The first-order valence-corrected chi connectivity index (χ1v) is 30.3. The maximum absolute atomic E-state index is 15.8. The largest absolute Gasteiger partial charge is 0.448 e. The second-order valence-corrected chi connectivity index (χ2v) is 23.4. The van der Waals surface area contributed by atoms with Crippen LogP contribution >= 0.6 is 34.7 Å². The fourth-order valence-corrected chi connectivity index (χ4v) is 13.8. The van der Waals surface area contributed by atoms with Gasteiger partial charge in [-0.1, -0.05) is 283 Å². The van der Waals surface area contributed by atoms with Gasteiger partial charge in [0.05, 0.1) is 11.7 Å². The van der Waals surface area contributed by atoms with Gasteiger partial charge in [-0.25, -0.2) is 9.78 Å². The zero-order chi connectivity index (χ0) is 58.9. The normalized spacial score (nSPS) is 15.1. The van der Waals surface area contributed by atoms with E-state index in [1.807, 2.05) is 218 Å². The van der Waals surface area contributed by atoms with E-state index in [9.17, 15) is 0 Å². The molecule has 1 fully saturated rings. The molecule has 2 aromatic heterocycles. The molecule has 4 heterocycles. The summed E-state index contributed by atoms with van der Waals surface area (Å²) in [6.45, 7) is 0.365. The van der Waals surface area contributed by atoms with Crippen LogP contribution in [0.3, 0.4) is 0 Å². The van der Waals surface area contributed by atoms with E-state index < -0.39 is 47.1 Å². The summed E-state index contributed by atoms with van der Waals surface area (Å²) in [5.41, 5.74) is 10.6. The summed E-state index contributed by atoms with van der Waals surface area (Å²) in [5, 5.41) is 12.1. The lowest BCUT2D eigenvalue weighted by Gasteiger charge is -2.50. The maximum Gasteiger partial charge on any atom is 0.356 e. The number of thiazole rings is 1. The number of ether oxygens (including phenoxy) is 1. The zero-order valence-electron chi connectivity index (χ0n) is 46.5. The van der Waals surface area contributed by atoms with Gasteiger partial charge in [0.2, 0.25) is 5.60 Å². The molecule has 2 atom stereocenters. The standard InChI is InChI=1S/C71H58ClN7O5S2/c72-65-61(76-69(86-65)77-70(50-30-13-3-14-31-50,51-32-15-4-16-33-51)52-34-17-5-18-35-52)62(78-84-71(53-36-19-6-20-37-53,54-38-21-7-22-39-54)55-40-23-8-24-41-55)66(80)75-60-57-43-44-59(85-58-42-25-47-74-56(58)45-46-73)63(79(57)67(60)81)68(82)83-64(48-26-9-1-10-27-48)49-28-11-2-12-29-49/h1-42,47,57,60,64H,43-46,73H2,(H,75,80)(H,76,77)/t57-,60+/m1/s1. The van der Waals surface area contributed by atoms with Crippen molar-refractivity contribution in [1.82, 2.24) is 20.2 Å². The summed E-state index contributed by atoms with van der Waals surface area (Å²) < 4.78 is 6.67.